The third-order valence-electron chi connectivity index (χ3n) is 4.76. The molecule has 2 fully saturated rings. The van der Waals surface area contributed by atoms with Crippen molar-refractivity contribution in [2.24, 2.45) is 4.99 Å². The Hall–Kier alpha value is -2.09. The van der Waals surface area contributed by atoms with Crippen LogP contribution < -0.4 is 5.32 Å². The number of aliphatic imine (C=N–C) groups is 1. The van der Waals surface area contributed by atoms with E-state index in [4.69, 9.17) is 9.73 Å². The molecule has 1 aromatic heterocycles. The van der Waals surface area contributed by atoms with Crippen LogP contribution >= 0.6 is 0 Å². The predicted octanol–water partition coefficient (Wildman–Crippen LogP) is 0.507. The summed E-state index contributed by atoms with van der Waals surface area (Å²) >= 11 is 0. The van der Waals surface area contributed by atoms with Crippen molar-refractivity contribution in [3.8, 4) is 0 Å². The second kappa shape index (κ2) is 8.33. The molecule has 2 N–H and O–H groups in total. The SMILES string of the molecule is CCNC(=NCc1cn[nH]c1C)N1CCN(C(=O)C2CCCO2)CC1. The number of guanidine groups is 1. The fourth-order valence-electron chi connectivity index (χ4n) is 3.24. The first-order valence-electron chi connectivity index (χ1n) is 9.11. The summed E-state index contributed by atoms with van der Waals surface area (Å²) in [6, 6.07) is 0. The predicted molar refractivity (Wildman–Crippen MR) is 95.3 cm³/mol. The molecule has 0 radical (unpaired) electrons. The van der Waals surface area contributed by atoms with E-state index in [-0.39, 0.29) is 12.0 Å². The van der Waals surface area contributed by atoms with Gasteiger partial charge in [0.05, 0.1) is 12.7 Å². The lowest BCUT2D eigenvalue weighted by atomic mass is 10.2. The number of amides is 1. The number of nitrogens with zero attached hydrogens (tertiary/aromatic N) is 4. The van der Waals surface area contributed by atoms with Crippen LogP contribution in [0.15, 0.2) is 11.2 Å². The molecule has 0 aromatic carbocycles. The van der Waals surface area contributed by atoms with Crippen molar-refractivity contribution in [1.82, 2.24) is 25.3 Å². The number of hydrogen-bond acceptors (Lipinski definition) is 4. The van der Waals surface area contributed by atoms with Gasteiger partial charge in [-0.2, -0.15) is 5.10 Å². The monoisotopic (exact) mass is 348 g/mol. The number of piperazine rings is 1. The van der Waals surface area contributed by atoms with Gasteiger partial charge in [-0.05, 0) is 26.7 Å². The molecule has 25 heavy (non-hydrogen) atoms. The molecule has 0 spiro atoms. The minimum Gasteiger partial charge on any atom is -0.368 e. The van der Waals surface area contributed by atoms with Gasteiger partial charge in [-0.1, -0.05) is 0 Å². The molecule has 8 heteroatoms. The molecule has 3 heterocycles. The number of aromatic amines is 1. The molecule has 1 unspecified atom stereocenters. The van der Waals surface area contributed by atoms with Crippen molar-refractivity contribution in [2.75, 3.05) is 39.3 Å². The third kappa shape index (κ3) is 4.31. The maximum atomic E-state index is 12.4. The molecular weight excluding hydrogens is 320 g/mol. The zero-order valence-corrected chi connectivity index (χ0v) is 15.1. The highest BCUT2D eigenvalue weighted by atomic mass is 16.5. The van der Waals surface area contributed by atoms with E-state index in [1.54, 1.807) is 0 Å². The molecule has 1 amide bonds. The smallest absolute Gasteiger partial charge is 0.251 e. The van der Waals surface area contributed by atoms with Gasteiger partial charge in [-0.15, -0.1) is 0 Å². The average molecular weight is 348 g/mol. The molecular formula is C17H28N6O2. The quantitative estimate of drug-likeness (QED) is 0.612. The molecule has 2 aliphatic rings. The second-order valence-electron chi connectivity index (χ2n) is 6.50. The zero-order chi connectivity index (χ0) is 17.6. The van der Waals surface area contributed by atoms with Crippen molar-refractivity contribution in [3.63, 3.8) is 0 Å². The van der Waals surface area contributed by atoms with Crippen molar-refractivity contribution >= 4 is 11.9 Å². The van der Waals surface area contributed by atoms with E-state index in [0.29, 0.717) is 26.2 Å². The number of aryl methyl sites for hydroxylation is 1. The molecule has 0 bridgehead atoms. The number of H-pyrrole nitrogens is 1. The summed E-state index contributed by atoms with van der Waals surface area (Å²) in [4.78, 5) is 21.3. The first-order valence-corrected chi connectivity index (χ1v) is 9.11. The minimum atomic E-state index is -0.225. The van der Waals surface area contributed by atoms with Gasteiger partial charge in [0.25, 0.3) is 5.91 Å². The van der Waals surface area contributed by atoms with Crippen LogP contribution in [-0.4, -0.2) is 77.3 Å². The van der Waals surface area contributed by atoms with E-state index in [2.05, 4.69) is 27.3 Å². The fourth-order valence-corrected chi connectivity index (χ4v) is 3.24. The van der Waals surface area contributed by atoms with Gasteiger partial charge in [0, 0.05) is 50.6 Å². The van der Waals surface area contributed by atoms with Gasteiger partial charge in [-0.3, -0.25) is 9.89 Å². The number of ether oxygens (including phenoxy) is 1. The summed E-state index contributed by atoms with van der Waals surface area (Å²) in [5, 5.41) is 10.3. The number of carbonyl (C=O) groups is 1. The molecule has 2 saturated heterocycles. The van der Waals surface area contributed by atoms with Crippen LogP contribution in [0, 0.1) is 6.92 Å². The first-order chi connectivity index (χ1) is 12.2. The van der Waals surface area contributed by atoms with E-state index >= 15 is 0 Å². The molecule has 0 aliphatic carbocycles. The second-order valence-corrected chi connectivity index (χ2v) is 6.50. The van der Waals surface area contributed by atoms with Gasteiger partial charge >= 0.3 is 0 Å². The summed E-state index contributed by atoms with van der Waals surface area (Å²) in [5.74, 6) is 1.04. The van der Waals surface area contributed by atoms with Crippen LogP contribution in [0.3, 0.4) is 0 Å². The number of nitrogens with one attached hydrogen (secondary N) is 2. The molecule has 8 nitrogen and oxygen atoms in total. The summed E-state index contributed by atoms with van der Waals surface area (Å²) in [5.41, 5.74) is 2.15. The number of carbonyl (C=O) groups excluding carboxylic acids is 1. The van der Waals surface area contributed by atoms with Crippen LogP contribution in [-0.2, 0) is 16.1 Å². The van der Waals surface area contributed by atoms with Gasteiger partial charge in [0.2, 0.25) is 0 Å². The Bertz CT molecular complexity index is 600. The maximum absolute atomic E-state index is 12.4. The average Bonchev–Trinajstić information content (AvgIpc) is 3.30. The maximum Gasteiger partial charge on any atom is 0.251 e. The fraction of sp³-hybridized carbons (Fsp3) is 0.706. The van der Waals surface area contributed by atoms with E-state index in [1.165, 1.54) is 0 Å². The normalized spacial score (nSPS) is 21.7. The van der Waals surface area contributed by atoms with Gasteiger partial charge in [0.15, 0.2) is 5.96 Å². The third-order valence-corrected chi connectivity index (χ3v) is 4.76. The Kier molecular flexibility index (Phi) is 5.91. The Labute approximate surface area is 148 Å². The number of aromatic nitrogens is 2. The van der Waals surface area contributed by atoms with Crippen LogP contribution in [0.2, 0.25) is 0 Å². The minimum absolute atomic E-state index is 0.146. The zero-order valence-electron chi connectivity index (χ0n) is 15.1. The highest BCUT2D eigenvalue weighted by molar-refractivity contribution is 5.82. The van der Waals surface area contributed by atoms with Gasteiger partial charge in [0.1, 0.15) is 6.10 Å². The lowest BCUT2D eigenvalue weighted by Gasteiger charge is -2.37. The van der Waals surface area contributed by atoms with E-state index in [9.17, 15) is 4.79 Å². The van der Waals surface area contributed by atoms with Gasteiger partial charge < -0.3 is 19.9 Å². The van der Waals surface area contributed by atoms with Crippen molar-refractivity contribution in [2.45, 2.75) is 39.3 Å². The molecule has 2 aliphatic heterocycles. The summed E-state index contributed by atoms with van der Waals surface area (Å²) in [6.07, 6.45) is 3.44. The molecule has 0 saturated carbocycles. The summed E-state index contributed by atoms with van der Waals surface area (Å²) in [6.45, 7) is 9.19. The van der Waals surface area contributed by atoms with Crippen molar-refractivity contribution in [3.05, 3.63) is 17.5 Å². The standard InChI is InChI=1S/C17H28N6O2/c1-3-18-17(19-11-14-12-20-21-13(14)2)23-8-6-22(7-9-23)16(24)15-5-4-10-25-15/h12,15H,3-11H2,1-2H3,(H,18,19)(H,20,21). The molecule has 3 rings (SSSR count). The highest BCUT2D eigenvalue weighted by Gasteiger charge is 2.30. The van der Waals surface area contributed by atoms with E-state index < -0.39 is 0 Å². The van der Waals surface area contributed by atoms with E-state index in [1.807, 2.05) is 18.0 Å². The van der Waals surface area contributed by atoms with Gasteiger partial charge in [-0.25, -0.2) is 4.99 Å². The van der Waals surface area contributed by atoms with Crippen LogP contribution in [0.1, 0.15) is 31.0 Å². The van der Waals surface area contributed by atoms with Crippen molar-refractivity contribution in [1.29, 1.82) is 0 Å². The Morgan fingerprint density at radius 2 is 2.16 bits per heavy atom. The van der Waals surface area contributed by atoms with Crippen LogP contribution in [0.25, 0.3) is 0 Å². The van der Waals surface area contributed by atoms with Crippen LogP contribution in [0.4, 0.5) is 0 Å². The highest BCUT2D eigenvalue weighted by Crippen LogP contribution is 2.16. The first kappa shape index (κ1) is 17.7. The lowest BCUT2D eigenvalue weighted by molar-refractivity contribution is -0.142. The summed E-state index contributed by atoms with van der Waals surface area (Å²) < 4.78 is 5.52. The molecule has 1 aromatic rings. The topological polar surface area (TPSA) is 85.9 Å². The molecule has 1 atom stereocenters. The van der Waals surface area contributed by atoms with Crippen molar-refractivity contribution < 1.29 is 9.53 Å². The Balaban J connectivity index is 1.56. The lowest BCUT2D eigenvalue weighted by Crippen LogP contribution is -2.55. The number of rotatable bonds is 4. The van der Waals surface area contributed by atoms with Crippen LogP contribution in [0.5, 0.6) is 0 Å². The van der Waals surface area contributed by atoms with E-state index in [0.717, 1.165) is 49.7 Å². The Morgan fingerprint density at radius 1 is 1.40 bits per heavy atom. The largest absolute Gasteiger partial charge is 0.368 e. The Morgan fingerprint density at radius 3 is 2.76 bits per heavy atom. The summed E-state index contributed by atoms with van der Waals surface area (Å²) in [7, 11) is 0. The molecule has 138 valence electrons. The number of hydrogen-bond donors (Lipinski definition) is 2.